The standard InChI is InChI=1S/C5H10O2.Y/c1-5(2,3)4(6)7;/h1-3H3,(H,6,7);. The van der Waals surface area contributed by atoms with Gasteiger partial charge < -0.3 is 5.11 Å². The van der Waals surface area contributed by atoms with E-state index in [0.29, 0.717) is 0 Å². The second kappa shape index (κ2) is 3.57. The zero-order valence-electron chi connectivity index (χ0n) is 5.43. The third-order valence-corrected chi connectivity index (χ3v) is 0.642. The molecule has 0 amide bonds. The van der Waals surface area contributed by atoms with E-state index in [1.807, 2.05) is 0 Å². The summed E-state index contributed by atoms with van der Waals surface area (Å²) in [7, 11) is 0. The first-order valence-corrected chi connectivity index (χ1v) is 2.18. The molecule has 0 aliphatic heterocycles. The van der Waals surface area contributed by atoms with Crippen molar-refractivity contribution in [2.24, 2.45) is 5.41 Å². The molecule has 0 fully saturated rings. The molecule has 0 unspecified atom stereocenters. The van der Waals surface area contributed by atoms with Crippen molar-refractivity contribution in [3.8, 4) is 0 Å². The normalized spacial score (nSPS) is 9.88. The zero-order chi connectivity index (χ0) is 6.08. The smallest absolute Gasteiger partial charge is 0.308 e. The molecule has 0 heterocycles. The number of carbonyl (C=O) groups is 1. The van der Waals surface area contributed by atoms with Crippen molar-refractivity contribution in [2.75, 3.05) is 0 Å². The summed E-state index contributed by atoms with van der Waals surface area (Å²) < 4.78 is 0. The van der Waals surface area contributed by atoms with Crippen LogP contribution in [0.2, 0.25) is 0 Å². The Hall–Kier alpha value is 0.574. The summed E-state index contributed by atoms with van der Waals surface area (Å²) in [5, 5.41) is 8.25. The van der Waals surface area contributed by atoms with Gasteiger partial charge in [-0.2, -0.15) is 0 Å². The summed E-state index contributed by atoms with van der Waals surface area (Å²) in [5.41, 5.74) is -0.583. The van der Waals surface area contributed by atoms with Crippen LogP contribution < -0.4 is 0 Å². The van der Waals surface area contributed by atoms with Crippen LogP contribution in [0.25, 0.3) is 0 Å². The maximum atomic E-state index is 10.0. The molecule has 0 spiro atoms. The van der Waals surface area contributed by atoms with Gasteiger partial charge in [0.05, 0.1) is 5.41 Å². The minimum absolute atomic E-state index is 0. The van der Waals surface area contributed by atoms with Crippen LogP contribution in [0.5, 0.6) is 0 Å². The second-order valence-corrected chi connectivity index (χ2v) is 2.56. The van der Waals surface area contributed by atoms with Crippen LogP contribution in [0.3, 0.4) is 0 Å². The molecule has 0 aromatic rings. The number of carboxylic acids is 1. The van der Waals surface area contributed by atoms with Crippen LogP contribution >= 0.6 is 0 Å². The Balaban J connectivity index is 0. The number of carboxylic acid groups (broad SMARTS) is 1. The van der Waals surface area contributed by atoms with Gasteiger partial charge in [-0.15, -0.1) is 0 Å². The molecule has 0 bridgehead atoms. The number of hydrogen-bond acceptors (Lipinski definition) is 1. The molecule has 0 saturated heterocycles. The third kappa shape index (κ3) is 4.73. The topological polar surface area (TPSA) is 37.3 Å². The molecule has 0 aromatic carbocycles. The Morgan fingerprint density at radius 2 is 1.50 bits per heavy atom. The van der Waals surface area contributed by atoms with Crippen LogP contribution in [0.15, 0.2) is 0 Å². The van der Waals surface area contributed by atoms with Crippen LogP contribution in [-0.4, -0.2) is 11.1 Å². The molecule has 3 heteroatoms. The van der Waals surface area contributed by atoms with E-state index in [2.05, 4.69) is 0 Å². The van der Waals surface area contributed by atoms with Crippen LogP contribution in [0, 0.1) is 5.41 Å². The van der Waals surface area contributed by atoms with Gasteiger partial charge in [0.1, 0.15) is 0 Å². The SMILES string of the molecule is CC(C)(C)C(=O)O.[Y]. The van der Waals surface area contributed by atoms with Crippen molar-refractivity contribution in [3.63, 3.8) is 0 Å². The summed E-state index contributed by atoms with van der Waals surface area (Å²) in [5.74, 6) is -0.757. The van der Waals surface area contributed by atoms with Gasteiger partial charge in [-0.05, 0) is 20.8 Å². The van der Waals surface area contributed by atoms with E-state index < -0.39 is 11.4 Å². The molecule has 2 nitrogen and oxygen atoms in total. The summed E-state index contributed by atoms with van der Waals surface area (Å²) in [6, 6.07) is 0. The van der Waals surface area contributed by atoms with Gasteiger partial charge in [0.25, 0.3) is 0 Å². The Kier molecular flexibility index (Phi) is 5.08. The second-order valence-electron chi connectivity index (χ2n) is 2.56. The first-order chi connectivity index (χ1) is 2.94. The van der Waals surface area contributed by atoms with Crippen molar-refractivity contribution < 1.29 is 42.6 Å². The maximum Gasteiger partial charge on any atom is 0.308 e. The fraction of sp³-hybridized carbons (Fsp3) is 0.800. The van der Waals surface area contributed by atoms with Gasteiger partial charge in [-0.3, -0.25) is 4.79 Å². The minimum Gasteiger partial charge on any atom is -0.481 e. The van der Waals surface area contributed by atoms with Crippen molar-refractivity contribution in [3.05, 3.63) is 0 Å². The predicted octanol–water partition coefficient (Wildman–Crippen LogP) is 1.11. The predicted molar refractivity (Wildman–Crippen MR) is 27.1 cm³/mol. The summed E-state index contributed by atoms with van der Waals surface area (Å²) in [4.78, 5) is 10.0. The fourth-order valence-electron chi connectivity index (χ4n) is 0. The quantitative estimate of drug-likeness (QED) is 0.622. The minimum atomic E-state index is -0.757. The molecule has 0 rings (SSSR count). The molecule has 8 heavy (non-hydrogen) atoms. The Morgan fingerprint density at radius 1 is 1.38 bits per heavy atom. The monoisotopic (exact) mass is 191 g/mol. The zero-order valence-corrected chi connectivity index (χ0v) is 8.27. The Labute approximate surface area is 74.5 Å². The molecule has 45 valence electrons. The number of rotatable bonds is 0. The molecule has 1 N–H and O–H groups in total. The molecule has 0 aliphatic rings. The van der Waals surface area contributed by atoms with Crippen molar-refractivity contribution in [2.45, 2.75) is 20.8 Å². The van der Waals surface area contributed by atoms with E-state index in [-0.39, 0.29) is 32.7 Å². The van der Waals surface area contributed by atoms with E-state index in [1.54, 1.807) is 20.8 Å². The molecular weight excluding hydrogens is 181 g/mol. The van der Waals surface area contributed by atoms with Crippen LogP contribution in [0.1, 0.15) is 20.8 Å². The molecule has 1 radical (unpaired) electrons. The molecule has 0 atom stereocenters. The number of aliphatic carboxylic acids is 1. The molecule has 0 saturated carbocycles. The number of hydrogen-bond donors (Lipinski definition) is 1. The van der Waals surface area contributed by atoms with Crippen molar-refractivity contribution >= 4 is 5.97 Å². The first-order valence-electron chi connectivity index (χ1n) is 2.18. The van der Waals surface area contributed by atoms with E-state index in [0.717, 1.165) is 0 Å². The van der Waals surface area contributed by atoms with Gasteiger partial charge in [-0.1, -0.05) is 0 Å². The average Bonchev–Trinajstić information content (AvgIpc) is 1.31. The molecule has 0 aromatic heterocycles. The van der Waals surface area contributed by atoms with Crippen molar-refractivity contribution in [1.82, 2.24) is 0 Å². The molecular formula is C5H10O2Y. The van der Waals surface area contributed by atoms with E-state index in [1.165, 1.54) is 0 Å². The summed E-state index contributed by atoms with van der Waals surface area (Å²) >= 11 is 0. The van der Waals surface area contributed by atoms with Gasteiger partial charge in [-0.25, -0.2) is 0 Å². The van der Waals surface area contributed by atoms with Crippen LogP contribution in [-0.2, 0) is 37.5 Å². The third-order valence-electron chi connectivity index (χ3n) is 0.642. The van der Waals surface area contributed by atoms with Crippen LogP contribution in [0.4, 0.5) is 0 Å². The van der Waals surface area contributed by atoms with Crippen molar-refractivity contribution in [1.29, 1.82) is 0 Å². The van der Waals surface area contributed by atoms with Gasteiger partial charge in [0.15, 0.2) is 0 Å². The first kappa shape index (κ1) is 11.4. The summed E-state index contributed by atoms with van der Waals surface area (Å²) in [6.45, 7) is 4.99. The summed E-state index contributed by atoms with van der Waals surface area (Å²) in [6.07, 6.45) is 0. The van der Waals surface area contributed by atoms with Gasteiger partial charge in [0, 0.05) is 32.7 Å². The van der Waals surface area contributed by atoms with Gasteiger partial charge >= 0.3 is 5.97 Å². The molecule has 0 aliphatic carbocycles. The largest absolute Gasteiger partial charge is 0.481 e. The van der Waals surface area contributed by atoms with Gasteiger partial charge in [0.2, 0.25) is 0 Å². The Bertz CT molecular complexity index is 82.9. The van der Waals surface area contributed by atoms with E-state index in [9.17, 15) is 4.79 Å². The maximum absolute atomic E-state index is 10.0. The van der Waals surface area contributed by atoms with E-state index in [4.69, 9.17) is 5.11 Å². The Morgan fingerprint density at radius 3 is 1.50 bits per heavy atom. The fourth-order valence-corrected chi connectivity index (χ4v) is 0. The average molecular weight is 191 g/mol. The van der Waals surface area contributed by atoms with E-state index >= 15 is 0 Å².